The Kier molecular flexibility index (Phi) is 4.45. The summed E-state index contributed by atoms with van der Waals surface area (Å²) < 4.78 is 6.12. The summed E-state index contributed by atoms with van der Waals surface area (Å²) >= 11 is 0. The zero-order valence-electron chi connectivity index (χ0n) is 14.6. The van der Waals surface area contributed by atoms with Crippen molar-refractivity contribution in [1.29, 1.82) is 0 Å². The van der Waals surface area contributed by atoms with E-state index in [-0.39, 0.29) is 6.10 Å². The number of aromatic nitrogens is 1. The summed E-state index contributed by atoms with van der Waals surface area (Å²) in [6.07, 6.45) is 4.94. The first-order valence-electron chi connectivity index (χ1n) is 9.12. The number of rotatable bonds is 2. The Morgan fingerprint density at radius 2 is 2.12 bits per heavy atom. The predicted molar refractivity (Wildman–Crippen MR) is 98.5 cm³/mol. The van der Waals surface area contributed by atoms with Crippen molar-refractivity contribution in [2.75, 3.05) is 13.1 Å². The molecule has 0 amide bonds. The number of piperidine rings is 1. The van der Waals surface area contributed by atoms with Gasteiger partial charge in [-0.05, 0) is 42.2 Å². The third-order valence-corrected chi connectivity index (χ3v) is 5.03. The Morgan fingerprint density at radius 3 is 3.00 bits per heavy atom. The second-order valence-electron chi connectivity index (χ2n) is 6.80. The van der Waals surface area contributed by atoms with E-state index in [0.29, 0.717) is 12.3 Å². The van der Waals surface area contributed by atoms with E-state index in [1.165, 1.54) is 16.8 Å². The zero-order chi connectivity index (χ0) is 17.2. The quantitative estimate of drug-likeness (QED) is 0.900. The van der Waals surface area contributed by atoms with E-state index < -0.39 is 0 Å². The molecule has 0 spiro atoms. The largest absolute Gasteiger partial charge is 0.438 e. The first-order chi connectivity index (χ1) is 12.3. The molecule has 1 aromatic carbocycles. The topological polar surface area (TPSA) is 45.6 Å². The van der Waals surface area contributed by atoms with Crippen LogP contribution in [0.2, 0.25) is 0 Å². The van der Waals surface area contributed by atoms with Crippen molar-refractivity contribution in [2.24, 2.45) is 0 Å². The average molecular weight is 336 g/mol. The number of hydrogen-bond donors (Lipinski definition) is 1. The predicted octanol–water partition coefficient (Wildman–Crippen LogP) is 4.01. The van der Waals surface area contributed by atoms with Crippen LogP contribution in [0, 0.1) is 0 Å². The van der Waals surface area contributed by atoms with Crippen LogP contribution in [0.1, 0.15) is 37.3 Å². The van der Waals surface area contributed by atoms with Crippen molar-refractivity contribution in [2.45, 2.75) is 38.7 Å². The minimum atomic E-state index is -0.268. The molecule has 2 aliphatic rings. The van der Waals surface area contributed by atoms with E-state index in [1.807, 2.05) is 24.3 Å². The maximum atomic E-state index is 10.3. The van der Waals surface area contributed by atoms with E-state index in [0.717, 1.165) is 43.7 Å². The molecule has 4 rings (SSSR count). The molecule has 2 aliphatic heterocycles. The monoisotopic (exact) mass is 336 g/mol. The Hall–Kier alpha value is -2.33. The van der Waals surface area contributed by atoms with Gasteiger partial charge in [-0.15, -0.1) is 0 Å². The number of fused-ring (bicyclic) bond motifs is 2. The normalized spacial score (nSPS) is 22.6. The molecular weight excluding hydrogens is 312 g/mol. The lowest BCUT2D eigenvalue weighted by molar-refractivity contribution is 0.111. The fourth-order valence-corrected chi connectivity index (χ4v) is 3.82. The Labute approximate surface area is 148 Å². The van der Waals surface area contributed by atoms with Gasteiger partial charge in [0.25, 0.3) is 0 Å². The molecule has 0 saturated carbocycles. The van der Waals surface area contributed by atoms with Gasteiger partial charge in [-0.3, -0.25) is 0 Å². The summed E-state index contributed by atoms with van der Waals surface area (Å²) in [6, 6.07) is 12.2. The SMILES string of the molecule is CCCN1CCC(O)C/C1=C1/Cc2ccccc2Oc2ncccc21. The van der Waals surface area contributed by atoms with Crippen molar-refractivity contribution in [3.63, 3.8) is 0 Å². The van der Waals surface area contributed by atoms with E-state index in [1.54, 1.807) is 6.20 Å². The summed E-state index contributed by atoms with van der Waals surface area (Å²) in [7, 11) is 0. The number of allylic oxidation sites excluding steroid dienone is 1. The molecule has 1 saturated heterocycles. The molecule has 0 radical (unpaired) electrons. The van der Waals surface area contributed by atoms with Crippen molar-refractivity contribution in [3.05, 3.63) is 59.4 Å². The summed E-state index contributed by atoms with van der Waals surface area (Å²) in [5.41, 5.74) is 4.69. The lowest BCUT2D eigenvalue weighted by atomic mass is 9.92. The highest BCUT2D eigenvalue weighted by atomic mass is 16.5. The minimum Gasteiger partial charge on any atom is -0.438 e. The van der Waals surface area contributed by atoms with Crippen LogP contribution >= 0.6 is 0 Å². The number of aliphatic hydroxyl groups excluding tert-OH is 1. The summed E-state index contributed by atoms with van der Waals surface area (Å²) in [5.74, 6) is 1.53. The molecule has 1 atom stereocenters. The number of ether oxygens (including phenoxy) is 1. The van der Waals surface area contributed by atoms with Gasteiger partial charge in [-0.1, -0.05) is 25.1 Å². The van der Waals surface area contributed by atoms with Crippen molar-refractivity contribution in [1.82, 2.24) is 9.88 Å². The maximum Gasteiger partial charge on any atom is 0.226 e. The third kappa shape index (κ3) is 3.14. The third-order valence-electron chi connectivity index (χ3n) is 5.03. The molecule has 2 aromatic rings. The maximum absolute atomic E-state index is 10.3. The molecule has 0 aliphatic carbocycles. The second-order valence-corrected chi connectivity index (χ2v) is 6.80. The van der Waals surface area contributed by atoms with Crippen molar-refractivity contribution in [3.8, 4) is 11.6 Å². The van der Waals surface area contributed by atoms with Gasteiger partial charge >= 0.3 is 0 Å². The number of nitrogens with zero attached hydrogens (tertiary/aromatic N) is 2. The number of pyridine rings is 1. The van der Waals surface area contributed by atoms with Gasteiger partial charge in [-0.2, -0.15) is 0 Å². The average Bonchev–Trinajstić information content (AvgIpc) is 2.80. The molecule has 4 nitrogen and oxygen atoms in total. The number of benzene rings is 1. The van der Waals surface area contributed by atoms with Gasteiger partial charge in [0.2, 0.25) is 5.88 Å². The van der Waals surface area contributed by atoms with Gasteiger partial charge < -0.3 is 14.7 Å². The highest BCUT2D eigenvalue weighted by molar-refractivity contribution is 5.76. The van der Waals surface area contributed by atoms with Gasteiger partial charge in [0, 0.05) is 43.4 Å². The fraction of sp³-hybridized carbons (Fsp3) is 0.381. The first kappa shape index (κ1) is 16.2. The highest BCUT2D eigenvalue weighted by Crippen LogP contribution is 2.41. The molecule has 0 bridgehead atoms. The van der Waals surface area contributed by atoms with Crippen LogP contribution < -0.4 is 4.74 Å². The van der Waals surface area contributed by atoms with Gasteiger partial charge in [0.05, 0.1) is 6.10 Å². The molecule has 4 heteroatoms. The van der Waals surface area contributed by atoms with Crippen molar-refractivity contribution < 1.29 is 9.84 Å². The van der Waals surface area contributed by atoms with E-state index in [4.69, 9.17) is 4.74 Å². The van der Waals surface area contributed by atoms with Crippen LogP contribution in [0.15, 0.2) is 48.3 Å². The smallest absolute Gasteiger partial charge is 0.226 e. The molecule has 3 heterocycles. The lowest BCUT2D eigenvalue weighted by Gasteiger charge is -2.36. The van der Waals surface area contributed by atoms with Crippen LogP contribution in [0.25, 0.3) is 5.57 Å². The van der Waals surface area contributed by atoms with Crippen LogP contribution in [-0.4, -0.2) is 34.2 Å². The van der Waals surface area contributed by atoms with Crippen LogP contribution in [0.5, 0.6) is 11.6 Å². The number of para-hydroxylation sites is 1. The molecule has 1 unspecified atom stereocenters. The molecule has 25 heavy (non-hydrogen) atoms. The number of likely N-dealkylation sites (tertiary alicyclic amines) is 1. The van der Waals surface area contributed by atoms with Crippen LogP contribution in [-0.2, 0) is 6.42 Å². The summed E-state index contributed by atoms with van der Waals surface area (Å²) in [5, 5.41) is 10.3. The fourth-order valence-electron chi connectivity index (χ4n) is 3.82. The molecule has 1 fully saturated rings. The molecule has 130 valence electrons. The van der Waals surface area contributed by atoms with E-state index in [9.17, 15) is 5.11 Å². The Bertz CT molecular complexity index is 800. The Morgan fingerprint density at radius 1 is 1.24 bits per heavy atom. The summed E-state index contributed by atoms with van der Waals surface area (Å²) in [4.78, 5) is 6.91. The van der Waals surface area contributed by atoms with Crippen molar-refractivity contribution >= 4 is 5.57 Å². The van der Waals surface area contributed by atoms with Gasteiger partial charge in [-0.25, -0.2) is 4.98 Å². The first-order valence-corrected chi connectivity index (χ1v) is 9.12. The van der Waals surface area contributed by atoms with E-state index in [2.05, 4.69) is 28.9 Å². The van der Waals surface area contributed by atoms with Gasteiger partial charge in [0.15, 0.2) is 0 Å². The number of hydrogen-bond acceptors (Lipinski definition) is 4. The second kappa shape index (κ2) is 6.89. The highest BCUT2D eigenvalue weighted by Gasteiger charge is 2.28. The number of aliphatic hydroxyl groups is 1. The molecule has 1 N–H and O–H groups in total. The molecular formula is C21H24N2O2. The standard InChI is InChI=1S/C21H24N2O2/c1-2-11-23-12-9-16(24)14-19(23)18-13-15-6-3-4-8-20(15)25-21-17(18)7-5-10-22-21/h3-8,10,16,24H,2,9,11-14H2,1H3/b19-18+. The van der Waals surface area contributed by atoms with Crippen LogP contribution in [0.4, 0.5) is 0 Å². The Balaban J connectivity index is 1.89. The van der Waals surface area contributed by atoms with E-state index >= 15 is 0 Å². The van der Waals surface area contributed by atoms with Crippen LogP contribution in [0.3, 0.4) is 0 Å². The summed E-state index contributed by atoms with van der Waals surface area (Å²) in [6.45, 7) is 4.13. The zero-order valence-corrected chi connectivity index (χ0v) is 14.6. The minimum absolute atomic E-state index is 0.268. The van der Waals surface area contributed by atoms with Gasteiger partial charge in [0.1, 0.15) is 5.75 Å². The lowest BCUT2D eigenvalue weighted by Crippen LogP contribution is -2.35. The molecule has 1 aromatic heterocycles.